The number of anilines is 1. The first-order valence-corrected chi connectivity index (χ1v) is 9.98. The third-order valence-corrected chi connectivity index (χ3v) is 5.57. The zero-order valence-electron chi connectivity index (χ0n) is 15.0. The molecule has 3 aromatic rings. The lowest BCUT2D eigenvalue weighted by Gasteiger charge is -2.15. The highest BCUT2D eigenvalue weighted by Crippen LogP contribution is 2.15. The second-order valence-corrected chi connectivity index (χ2v) is 7.80. The van der Waals surface area contributed by atoms with E-state index in [-0.39, 0.29) is 0 Å². The van der Waals surface area contributed by atoms with Crippen LogP contribution in [0.3, 0.4) is 0 Å². The number of amides is 1. The summed E-state index contributed by atoms with van der Waals surface area (Å²) >= 11 is 0. The van der Waals surface area contributed by atoms with Gasteiger partial charge in [0.2, 0.25) is 15.9 Å². The Labute approximate surface area is 162 Å². The van der Waals surface area contributed by atoms with Gasteiger partial charge in [-0.1, -0.05) is 42.5 Å². The molecule has 0 bridgehead atoms. The van der Waals surface area contributed by atoms with Crippen LogP contribution in [0.25, 0.3) is 0 Å². The van der Waals surface area contributed by atoms with Crippen LogP contribution in [0.4, 0.5) is 10.2 Å². The molecule has 0 aliphatic carbocycles. The predicted molar refractivity (Wildman–Crippen MR) is 103 cm³/mol. The molecule has 0 aliphatic rings. The van der Waals surface area contributed by atoms with Gasteiger partial charge in [0.05, 0.1) is 18.8 Å². The first-order chi connectivity index (χ1) is 13.4. The molecule has 1 heterocycles. The molecule has 9 heteroatoms. The van der Waals surface area contributed by atoms with Crippen molar-refractivity contribution >= 4 is 21.7 Å². The maximum absolute atomic E-state index is 13.8. The van der Waals surface area contributed by atoms with Crippen LogP contribution in [0.5, 0.6) is 0 Å². The maximum Gasteiger partial charge on any atom is 0.244 e. The molecule has 1 amide bonds. The first-order valence-electron chi connectivity index (χ1n) is 8.50. The fraction of sp³-hybridized carbons (Fsp3) is 0.158. The second kappa shape index (κ2) is 8.32. The SMILES string of the molecule is C[C@H](NS(=O)(=O)c1ccccc1F)C(=O)Nc1ccnn1Cc1ccccc1. The molecule has 146 valence electrons. The fourth-order valence-electron chi connectivity index (χ4n) is 2.57. The molecule has 0 unspecified atom stereocenters. The maximum atomic E-state index is 13.8. The summed E-state index contributed by atoms with van der Waals surface area (Å²) in [6.07, 6.45) is 1.53. The van der Waals surface area contributed by atoms with E-state index in [0.29, 0.717) is 12.4 Å². The Balaban J connectivity index is 1.69. The molecule has 0 radical (unpaired) electrons. The molecule has 0 spiro atoms. The van der Waals surface area contributed by atoms with Gasteiger partial charge in [-0.15, -0.1) is 0 Å². The molecule has 7 nitrogen and oxygen atoms in total. The van der Waals surface area contributed by atoms with E-state index in [4.69, 9.17) is 0 Å². The Morgan fingerprint density at radius 3 is 2.50 bits per heavy atom. The Hall–Kier alpha value is -3.04. The van der Waals surface area contributed by atoms with E-state index < -0.39 is 32.7 Å². The molecular weight excluding hydrogens is 383 g/mol. The number of hydrogen-bond donors (Lipinski definition) is 2. The Kier molecular flexibility index (Phi) is 5.86. The lowest BCUT2D eigenvalue weighted by molar-refractivity contribution is -0.117. The highest BCUT2D eigenvalue weighted by molar-refractivity contribution is 7.89. The van der Waals surface area contributed by atoms with Gasteiger partial charge in [-0.3, -0.25) is 4.79 Å². The van der Waals surface area contributed by atoms with Crippen LogP contribution in [0.1, 0.15) is 12.5 Å². The van der Waals surface area contributed by atoms with Crippen LogP contribution in [0, 0.1) is 5.82 Å². The molecule has 2 aromatic carbocycles. The highest BCUT2D eigenvalue weighted by atomic mass is 32.2. The number of nitrogens with one attached hydrogen (secondary N) is 2. The summed E-state index contributed by atoms with van der Waals surface area (Å²) in [4.78, 5) is 11.9. The minimum atomic E-state index is -4.18. The van der Waals surface area contributed by atoms with E-state index in [9.17, 15) is 17.6 Å². The van der Waals surface area contributed by atoms with Crippen molar-refractivity contribution in [2.45, 2.75) is 24.4 Å². The standard InChI is InChI=1S/C19H19FN4O3S/c1-14(23-28(26,27)17-10-6-5-9-16(17)20)19(25)22-18-11-12-21-24(18)13-15-7-3-2-4-8-15/h2-12,14,23H,13H2,1H3,(H,22,25)/t14-/m0/s1. The minimum Gasteiger partial charge on any atom is -0.310 e. The van der Waals surface area contributed by atoms with Crippen LogP contribution >= 0.6 is 0 Å². The average Bonchev–Trinajstić information content (AvgIpc) is 3.09. The summed E-state index contributed by atoms with van der Waals surface area (Å²) in [6.45, 7) is 1.82. The van der Waals surface area contributed by atoms with Crippen molar-refractivity contribution < 1.29 is 17.6 Å². The van der Waals surface area contributed by atoms with Crippen LogP contribution < -0.4 is 10.0 Å². The van der Waals surface area contributed by atoms with Crippen LogP contribution in [-0.2, 0) is 21.4 Å². The quantitative estimate of drug-likeness (QED) is 0.635. The summed E-state index contributed by atoms with van der Waals surface area (Å²) in [5.41, 5.74) is 0.995. The first kappa shape index (κ1) is 19.7. The number of rotatable bonds is 7. The lowest BCUT2D eigenvalue weighted by atomic mass is 10.2. The van der Waals surface area contributed by atoms with E-state index >= 15 is 0 Å². The van der Waals surface area contributed by atoms with Crippen molar-refractivity contribution in [3.8, 4) is 0 Å². The van der Waals surface area contributed by atoms with Gasteiger partial charge in [0.15, 0.2) is 0 Å². The molecule has 28 heavy (non-hydrogen) atoms. The summed E-state index contributed by atoms with van der Waals surface area (Å²) in [6, 6.07) is 15.0. The van der Waals surface area contributed by atoms with Crippen molar-refractivity contribution in [3.63, 3.8) is 0 Å². The molecule has 0 fully saturated rings. The van der Waals surface area contributed by atoms with Crippen molar-refractivity contribution in [3.05, 3.63) is 78.2 Å². The third kappa shape index (κ3) is 4.62. The van der Waals surface area contributed by atoms with E-state index in [1.807, 2.05) is 30.3 Å². The Morgan fingerprint density at radius 1 is 1.11 bits per heavy atom. The Morgan fingerprint density at radius 2 is 1.79 bits per heavy atom. The van der Waals surface area contributed by atoms with E-state index in [2.05, 4.69) is 15.1 Å². The molecule has 1 aromatic heterocycles. The van der Waals surface area contributed by atoms with E-state index in [1.165, 1.54) is 25.3 Å². The van der Waals surface area contributed by atoms with Crippen LogP contribution in [-0.4, -0.2) is 30.1 Å². The fourth-order valence-corrected chi connectivity index (χ4v) is 3.85. The smallest absolute Gasteiger partial charge is 0.244 e. The zero-order valence-corrected chi connectivity index (χ0v) is 15.9. The zero-order chi connectivity index (χ0) is 20.1. The molecule has 0 saturated carbocycles. The molecule has 2 N–H and O–H groups in total. The van der Waals surface area contributed by atoms with Crippen molar-refractivity contribution in [1.29, 1.82) is 0 Å². The van der Waals surface area contributed by atoms with Gasteiger partial charge >= 0.3 is 0 Å². The van der Waals surface area contributed by atoms with Gasteiger partial charge < -0.3 is 5.32 Å². The monoisotopic (exact) mass is 402 g/mol. The number of carbonyl (C=O) groups excluding carboxylic acids is 1. The second-order valence-electron chi connectivity index (χ2n) is 6.12. The number of hydrogen-bond acceptors (Lipinski definition) is 4. The van der Waals surface area contributed by atoms with E-state index in [1.54, 1.807) is 10.7 Å². The van der Waals surface area contributed by atoms with Gasteiger partial charge in [-0.2, -0.15) is 9.82 Å². The van der Waals surface area contributed by atoms with E-state index in [0.717, 1.165) is 17.7 Å². The highest BCUT2D eigenvalue weighted by Gasteiger charge is 2.25. The lowest BCUT2D eigenvalue weighted by Crippen LogP contribution is -2.42. The van der Waals surface area contributed by atoms with Crippen LogP contribution in [0.2, 0.25) is 0 Å². The summed E-state index contributed by atoms with van der Waals surface area (Å²) in [7, 11) is -4.18. The number of aromatic nitrogens is 2. The largest absolute Gasteiger partial charge is 0.310 e. The van der Waals surface area contributed by atoms with Gasteiger partial charge in [0.1, 0.15) is 16.5 Å². The average molecular weight is 402 g/mol. The number of halogens is 1. The van der Waals surface area contributed by atoms with Gasteiger partial charge in [0, 0.05) is 6.07 Å². The topological polar surface area (TPSA) is 93.1 Å². The number of sulfonamides is 1. The van der Waals surface area contributed by atoms with Crippen molar-refractivity contribution in [1.82, 2.24) is 14.5 Å². The van der Waals surface area contributed by atoms with Gasteiger partial charge in [-0.25, -0.2) is 17.5 Å². The minimum absolute atomic E-state index is 0.422. The normalized spacial score (nSPS) is 12.5. The Bertz CT molecular complexity index is 1070. The third-order valence-electron chi connectivity index (χ3n) is 3.99. The van der Waals surface area contributed by atoms with Crippen LogP contribution in [0.15, 0.2) is 71.8 Å². The molecular formula is C19H19FN4O3S. The number of carbonyl (C=O) groups is 1. The molecule has 0 aliphatic heterocycles. The number of benzene rings is 2. The predicted octanol–water partition coefficient (Wildman–Crippen LogP) is 2.38. The van der Waals surface area contributed by atoms with Crippen molar-refractivity contribution in [2.24, 2.45) is 0 Å². The van der Waals surface area contributed by atoms with Crippen molar-refractivity contribution in [2.75, 3.05) is 5.32 Å². The summed E-state index contributed by atoms with van der Waals surface area (Å²) in [5, 5.41) is 6.81. The van der Waals surface area contributed by atoms with Gasteiger partial charge in [-0.05, 0) is 24.6 Å². The summed E-state index contributed by atoms with van der Waals surface area (Å²) < 4.78 is 42.2. The summed E-state index contributed by atoms with van der Waals surface area (Å²) in [5.74, 6) is -1.05. The molecule has 3 rings (SSSR count). The number of nitrogens with zero attached hydrogens (tertiary/aromatic N) is 2. The molecule has 1 atom stereocenters. The van der Waals surface area contributed by atoms with Gasteiger partial charge in [0.25, 0.3) is 0 Å². The molecule has 0 saturated heterocycles.